The molecule has 0 aromatic carbocycles. The first-order valence-corrected chi connectivity index (χ1v) is 6.70. The summed E-state index contributed by atoms with van der Waals surface area (Å²) < 4.78 is 5.93. The molecule has 0 N–H and O–H groups in total. The van der Waals surface area contributed by atoms with Crippen molar-refractivity contribution in [2.45, 2.75) is 46.1 Å². The van der Waals surface area contributed by atoms with Gasteiger partial charge in [0.05, 0.1) is 12.3 Å². The van der Waals surface area contributed by atoms with Gasteiger partial charge in [0.2, 0.25) is 0 Å². The minimum absolute atomic E-state index is 0.0123. The third-order valence-corrected chi connectivity index (χ3v) is 3.95. The summed E-state index contributed by atoms with van der Waals surface area (Å²) in [4.78, 5) is 15.2. The van der Waals surface area contributed by atoms with Crippen LogP contribution in [-0.4, -0.2) is 16.9 Å². The average Bonchev–Trinajstić information content (AvgIpc) is 2.34. The number of Topliss-reactive ketones (excluding diaryl/α,β-unsaturated/α-hetero) is 1. The van der Waals surface area contributed by atoms with Crippen molar-refractivity contribution in [2.24, 2.45) is 11.8 Å². The van der Waals surface area contributed by atoms with Gasteiger partial charge in [0, 0.05) is 6.92 Å². The second-order valence-corrected chi connectivity index (χ2v) is 5.44. The molecule has 3 unspecified atom stereocenters. The van der Waals surface area contributed by atoms with Gasteiger partial charge in [0.1, 0.15) is 11.4 Å². The summed E-state index contributed by atoms with van der Waals surface area (Å²) in [5.41, 5.74) is 0.494. The van der Waals surface area contributed by atoms with Gasteiger partial charge in [-0.25, -0.2) is 4.98 Å². The van der Waals surface area contributed by atoms with Gasteiger partial charge in [-0.1, -0.05) is 13.8 Å². The Bertz CT molecular complexity index is 413. The highest BCUT2D eigenvalue weighted by atomic mass is 16.5. The van der Waals surface area contributed by atoms with Gasteiger partial charge in [-0.15, -0.1) is 0 Å². The van der Waals surface area contributed by atoms with E-state index in [-0.39, 0.29) is 5.78 Å². The fraction of sp³-hybridized carbons (Fsp3) is 0.600. The minimum Gasteiger partial charge on any atom is -0.489 e. The predicted octanol–water partition coefficient (Wildman–Crippen LogP) is 3.49. The topological polar surface area (TPSA) is 39.2 Å². The number of hydrogen-bond acceptors (Lipinski definition) is 3. The van der Waals surface area contributed by atoms with Crippen molar-refractivity contribution >= 4 is 5.78 Å². The quantitative estimate of drug-likeness (QED) is 0.767. The molecule has 3 atom stereocenters. The lowest BCUT2D eigenvalue weighted by molar-refractivity contribution is 0.0994. The fourth-order valence-electron chi connectivity index (χ4n) is 2.46. The van der Waals surface area contributed by atoms with Crippen molar-refractivity contribution in [3.8, 4) is 5.75 Å². The molecule has 98 valence electrons. The summed E-state index contributed by atoms with van der Waals surface area (Å²) in [6.07, 6.45) is 5.39. The van der Waals surface area contributed by atoms with Gasteiger partial charge in [-0.2, -0.15) is 0 Å². The van der Waals surface area contributed by atoms with E-state index in [1.54, 1.807) is 12.3 Å². The molecule has 3 nitrogen and oxygen atoms in total. The van der Waals surface area contributed by atoms with Gasteiger partial charge in [-0.05, 0) is 43.2 Å². The number of pyridine rings is 1. The second kappa shape index (κ2) is 5.51. The molecule has 3 heteroatoms. The molecule has 1 saturated carbocycles. The molecule has 1 aromatic heterocycles. The zero-order valence-electron chi connectivity index (χ0n) is 11.3. The fourth-order valence-corrected chi connectivity index (χ4v) is 2.46. The smallest absolute Gasteiger partial charge is 0.178 e. The van der Waals surface area contributed by atoms with Gasteiger partial charge < -0.3 is 4.74 Å². The van der Waals surface area contributed by atoms with Gasteiger partial charge in [0.25, 0.3) is 0 Å². The first-order valence-electron chi connectivity index (χ1n) is 6.70. The molecule has 0 radical (unpaired) electrons. The zero-order chi connectivity index (χ0) is 13.1. The molecule has 1 fully saturated rings. The number of ketones is 1. The number of carbonyl (C=O) groups excluding carboxylic acids is 1. The maximum absolute atomic E-state index is 11.1. The molecular formula is C15H21NO2. The second-order valence-electron chi connectivity index (χ2n) is 5.44. The summed E-state index contributed by atoms with van der Waals surface area (Å²) in [5.74, 6) is 2.27. The summed E-state index contributed by atoms with van der Waals surface area (Å²) in [6, 6.07) is 3.57. The van der Waals surface area contributed by atoms with Crippen LogP contribution in [0.3, 0.4) is 0 Å². The standard InChI is InChI=1S/C15H21NO2/c1-10-4-5-13(8-11(10)2)18-14-6-7-15(12(3)17)16-9-14/h6-7,9-11,13H,4-5,8H2,1-3H3. The molecule has 1 heterocycles. The Hall–Kier alpha value is -1.38. The number of carbonyl (C=O) groups is 1. The molecule has 0 amide bonds. The minimum atomic E-state index is -0.0123. The van der Waals surface area contributed by atoms with Crippen LogP contribution in [-0.2, 0) is 0 Å². The lowest BCUT2D eigenvalue weighted by atomic mass is 9.80. The third-order valence-electron chi connectivity index (χ3n) is 3.95. The van der Waals surface area contributed by atoms with Crippen LogP contribution in [0, 0.1) is 11.8 Å². The number of nitrogens with zero attached hydrogens (tertiary/aromatic N) is 1. The van der Waals surface area contributed by atoms with E-state index < -0.39 is 0 Å². The van der Waals surface area contributed by atoms with Crippen LogP contribution in [0.2, 0.25) is 0 Å². The normalized spacial score (nSPS) is 27.8. The summed E-state index contributed by atoms with van der Waals surface area (Å²) in [5, 5.41) is 0. The monoisotopic (exact) mass is 247 g/mol. The van der Waals surface area contributed by atoms with E-state index >= 15 is 0 Å². The summed E-state index contributed by atoms with van der Waals surface area (Å²) >= 11 is 0. The molecule has 0 aliphatic heterocycles. The SMILES string of the molecule is CC(=O)c1ccc(OC2CCC(C)C(C)C2)cn1. The van der Waals surface area contributed by atoms with Crippen molar-refractivity contribution in [1.29, 1.82) is 0 Å². The molecule has 2 rings (SSSR count). The van der Waals surface area contributed by atoms with Crippen molar-refractivity contribution in [1.82, 2.24) is 4.98 Å². The average molecular weight is 247 g/mol. The number of rotatable bonds is 3. The van der Waals surface area contributed by atoms with Crippen LogP contribution >= 0.6 is 0 Å². The van der Waals surface area contributed by atoms with Gasteiger partial charge in [-0.3, -0.25) is 4.79 Å². The largest absolute Gasteiger partial charge is 0.489 e. The van der Waals surface area contributed by atoms with Gasteiger partial charge in [0.15, 0.2) is 5.78 Å². The van der Waals surface area contributed by atoms with Crippen LogP contribution < -0.4 is 4.74 Å². The zero-order valence-corrected chi connectivity index (χ0v) is 11.3. The number of aromatic nitrogens is 1. The summed E-state index contributed by atoms with van der Waals surface area (Å²) in [7, 11) is 0. The first-order chi connectivity index (χ1) is 8.56. The van der Waals surface area contributed by atoms with Crippen molar-refractivity contribution in [3.63, 3.8) is 0 Å². The van der Waals surface area contributed by atoms with E-state index in [1.165, 1.54) is 13.3 Å². The van der Waals surface area contributed by atoms with E-state index in [4.69, 9.17) is 4.74 Å². The van der Waals surface area contributed by atoms with Crippen LogP contribution in [0.25, 0.3) is 0 Å². The Morgan fingerprint density at radius 2 is 2.06 bits per heavy atom. The Morgan fingerprint density at radius 3 is 2.61 bits per heavy atom. The Kier molecular flexibility index (Phi) is 4.00. The lowest BCUT2D eigenvalue weighted by Gasteiger charge is -2.32. The van der Waals surface area contributed by atoms with Gasteiger partial charge >= 0.3 is 0 Å². The highest BCUT2D eigenvalue weighted by Gasteiger charge is 2.25. The van der Waals surface area contributed by atoms with E-state index in [9.17, 15) is 4.79 Å². The van der Waals surface area contributed by atoms with Crippen LogP contribution in [0.5, 0.6) is 5.75 Å². The molecular weight excluding hydrogens is 226 g/mol. The van der Waals surface area contributed by atoms with Crippen LogP contribution in [0.15, 0.2) is 18.3 Å². The maximum Gasteiger partial charge on any atom is 0.178 e. The van der Waals surface area contributed by atoms with E-state index in [2.05, 4.69) is 18.8 Å². The Labute approximate surface area is 109 Å². The molecule has 18 heavy (non-hydrogen) atoms. The van der Waals surface area contributed by atoms with Crippen molar-refractivity contribution in [3.05, 3.63) is 24.0 Å². The van der Waals surface area contributed by atoms with E-state index in [0.717, 1.165) is 24.5 Å². The Balaban J connectivity index is 1.95. The third kappa shape index (κ3) is 3.09. The molecule has 0 saturated heterocycles. The van der Waals surface area contributed by atoms with Crippen LogP contribution in [0.4, 0.5) is 0 Å². The molecule has 0 bridgehead atoms. The first kappa shape index (κ1) is 13.1. The Morgan fingerprint density at radius 1 is 1.28 bits per heavy atom. The van der Waals surface area contributed by atoms with E-state index in [0.29, 0.717) is 17.7 Å². The highest BCUT2D eigenvalue weighted by molar-refractivity contribution is 5.92. The van der Waals surface area contributed by atoms with Crippen LogP contribution in [0.1, 0.15) is 50.5 Å². The van der Waals surface area contributed by atoms with Crippen molar-refractivity contribution in [2.75, 3.05) is 0 Å². The van der Waals surface area contributed by atoms with E-state index in [1.807, 2.05) is 6.07 Å². The maximum atomic E-state index is 11.1. The predicted molar refractivity (Wildman–Crippen MR) is 70.8 cm³/mol. The molecule has 0 spiro atoms. The van der Waals surface area contributed by atoms with Crippen molar-refractivity contribution < 1.29 is 9.53 Å². The highest BCUT2D eigenvalue weighted by Crippen LogP contribution is 2.31. The molecule has 1 aromatic rings. The number of hydrogen-bond donors (Lipinski definition) is 0. The lowest BCUT2D eigenvalue weighted by Crippen LogP contribution is -2.28. The number of ether oxygens (including phenoxy) is 1. The summed E-state index contributed by atoms with van der Waals surface area (Å²) in [6.45, 7) is 6.12. The molecule has 1 aliphatic carbocycles. The molecule has 1 aliphatic rings.